The largest absolute Gasteiger partial charge is 0.439 e. The summed E-state index contributed by atoms with van der Waals surface area (Å²) in [6, 6.07) is 15.3. The van der Waals surface area contributed by atoms with E-state index in [-0.39, 0.29) is 0 Å². The predicted molar refractivity (Wildman–Crippen MR) is 70.7 cm³/mol. The monoisotopic (exact) mass is 243 g/mol. The summed E-state index contributed by atoms with van der Waals surface area (Å²) in [7, 11) is 0. The summed E-state index contributed by atoms with van der Waals surface area (Å²) in [5.41, 5.74) is 0.886. The van der Waals surface area contributed by atoms with E-state index in [9.17, 15) is 0 Å². The van der Waals surface area contributed by atoms with Crippen molar-refractivity contribution in [2.75, 3.05) is 6.61 Å². The van der Waals surface area contributed by atoms with Gasteiger partial charge in [-0.3, -0.25) is 0 Å². The van der Waals surface area contributed by atoms with Crippen molar-refractivity contribution >= 4 is 0 Å². The van der Waals surface area contributed by atoms with Crippen LogP contribution < -0.4 is 4.74 Å². The van der Waals surface area contributed by atoms with E-state index in [1.54, 1.807) is 0 Å². The summed E-state index contributed by atoms with van der Waals surface area (Å²) >= 11 is 0. The first kappa shape index (κ1) is 12.6. The molecule has 0 saturated heterocycles. The van der Waals surface area contributed by atoms with Crippen LogP contribution in [0.2, 0.25) is 0 Å². The van der Waals surface area contributed by atoms with Crippen LogP contribution in [0.3, 0.4) is 0 Å². The maximum absolute atomic E-state index is 5.66. The van der Waals surface area contributed by atoms with Crippen molar-refractivity contribution in [3.05, 3.63) is 54.2 Å². The lowest BCUT2D eigenvalue weighted by Crippen LogP contribution is -1.98. The van der Waals surface area contributed by atoms with Gasteiger partial charge in [0, 0.05) is 12.7 Å². The number of pyridine rings is 1. The van der Waals surface area contributed by atoms with E-state index < -0.39 is 0 Å². The van der Waals surface area contributed by atoms with Gasteiger partial charge in [-0.05, 0) is 24.6 Å². The minimum atomic E-state index is 0.528. The fourth-order valence-corrected chi connectivity index (χ4v) is 1.53. The van der Waals surface area contributed by atoms with Crippen molar-refractivity contribution in [2.45, 2.75) is 20.0 Å². The minimum absolute atomic E-state index is 0.528. The summed E-state index contributed by atoms with van der Waals surface area (Å²) in [4.78, 5) is 4.39. The van der Waals surface area contributed by atoms with E-state index in [4.69, 9.17) is 9.47 Å². The van der Waals surface area contributed by atoms with Gasteiger partial charge in [0.15, 0.2) is 0 Å². The van der Waals surface area contributed by atoms with Crippen LogP contribution >= 0.6 is 0 Å². The number of ether oxygens (including phenoxy) is 2. The molecule has 1 heterocycles. The second kappa shape index (κ2) is 6.77. The second-order valence-corrected chi connectivity index (χ2v) is 3.93. The molecule has 3 heteroatoms. The maximum atomic E-state index is 5.66. The van der Waals surface area contributed by atoms with Crippen LogP contribution in [0.4, 0.5) is 0 Å². The van der Waals surface area contributed by atoms with Gasteiger partial charge in [0.25, 0.3) is 0 Å². The molecule has 0 N–H and O–H groups in total. The molecule has 0 unspecified atom stereocenters. The summed E-state index contributed by atoms with van der Waals surface area (Å²) in [6.45, 7) is 3.37. The molecule has 0 aliphatic heterocycles. The van der Waals surface area contributed by atoms with Gasteiger partial charge in [-0.15, -0.1) is 0 Å². The van der Waals surface area contributed by atoms with Gasteiger partial charge in [-0.1, -0.05) is 31.2 Å². The van der Waals surface area contributed by atoms with Gasteiger partial charge in [-0.25, -0.2) is 4.98 Å². The van der Waals surface area contributed by atoms with Crippen LogP contribution in [0.25, 0.3) is 0 Å². The summed E-state index contributed by atoms with van der Waals surface area (Å²) in [5.74, 6) is 1.38. The molecule has 94 valence electrons. The highest BCUT2D eigenvalue weighted by Crippen LogP contribution is 2.18. The Bertz CT molecular complexity index is 471. The summed E-state index contributed by atoms with van der Waals surface area (Å²) < 4.78 is 11.1. The highest BCUT2D eigenvalue weighted by Gasteiger charge is 2.00. The standard InChI is InChI=1S/C15H17NO2/c1-2-11-17-12-13-7-6-10-15(16-13)18-14-8-4-3-5-9-14/h3-10H,2,11-12H2,1H3. The molecule has 0 fully saturated rings. The third-order valence-corrected chi connectivity index (χ3v) is 2.35. The number of benzene rings is 1. The number of para-hydroxylation sites is 1. The number of aromatic nitrogens is 1. The Balaban J connectivity index is 1.99. The Kier molecular flexibility index (Phi) is 4.73. The Morgan fingerprint density at radius 3 is 2.61 bits per heavy atom. The number of hydrogen-bond acceptors (Lipinski definition) is 3. The average Bonchev–Trinajstić information content (AvgIpc) is 2.41. The molecular weight excluding hydrogens is 226 g/mol. The lowest BCUT2D eigenvalue weighted by Gasteiger charge is -2.06. The molecule has 0 amide bonds. The maximum Gasteiger partial charge on any atom is 0.219 e. The van der Waals surface area contributed by atoms with Crippen molar-refractivity contribution in [3.63, 3.8) is 0 Å². The first-order chi connectivity index (χ1) is 8.88. The zero-order valence-corrected chi connectivity index (χ0v) is 10.5. The normalized spacial score (nSPS) is 10.3. The van der Waals surface area contributed by atoms with Crippen LogP contribution in [-0.4, -0.2) is 11.6 Å². The van der Waals surface area contributed by atoms with E-state index >= 15 is 0 Å². The molecule has 0 aliphatic carbocycles. The highest BCUT2D eigenvalue weighted by atomic mass is 16.5. The highest BCUT2D eigenvalue weighted by molar-refractivity contribution is 5.27. The third-order valence-electron chi connectivity index (χ3n) is 2.35. The van der Waals surface area contributed by atoms with Crippen LogP contribution in [0.5, 0.6) is 11.6 Å². The smallest absolute Gasteiger partial charge is 0.219 e. The Hall–Kier alpha value is -1.87. The van der Waals surface area contributed by atoms with Crippen molar-refractivity contribution in [2.24, 2.45) is 0 Å². The van der Waals surface area contributed by atoms with E-state index in [0.717, 1.165) is 24.5 Å². The molecule has 3 nitrogen and oxygen atoms in total. The van der Waals surface area contributed by atoms with Gasteiger partial charge >= 0.3 is 0 Å². The van der Waals surface area contributed by atoms with Gasteiger partial charge in [0.1, 0.15) is 5.75 Å². The average molecular weight is 243 g/mol. The molecule has 0 radical (unpaired) electrons. The van der Waals surface area contributed by atoms with Crippen molar-refractivity contribution in [3.8, 4) is 11.6 Å². The molecule has 2 aromatic rings. The van der Waals surface area contributed by atoms with Gasteiger partial charge < -0.3 is 9.47 Å². The minimum Gasteiger partial charge on any atom is -0.439 e. The first-order valence-electron chi connectivity index (χ1n) is 6.15. The van der Waals surface area contributed by atoms with Gasteiger partial charge in [-0.2, -0.15) is 0 Å². The van der Waals surface area contributed by atoms with Gasteiger partial charge in [0.05, 0.1) is 12.3 Å². The molecule has 0 bridgehead atoms. The van der Waals surface area contributed by atoms with Crippen LogP contribution in [-0.2, 0) is 11.3 Å². The van der Waals surface area contributed by atoms with E-state index in [2.05, 4.69) is 11.9 Å². The van der Waals surface area contributed by atoms with E-state index in [0.29, 0.717) is 12.5 Å². The predicted octanol–water partition coefficient (Wildman–Crippen LogP) is 3.80. The molecule has 0 atom stereocenters. The van der Waals surface area contributed by atoms with E-state index in [1.165, 1.54) is 0 Å². The van der Waals surface area contributed by atoms with E-state index in [1.807, 2.05) is 48.5 Å². The molecular formula is C15H17NO2. The molecule has 18 heavy (non-hydrogen) atoms. The molecule has 2 rings (SSSR count). The molecule has 1 aromatic carbocycles. The van der Waals surface area contributed by atoms with Crippen molar-refractivity contribution in [1.29, 1.82) is 0 Å². The summed E-state index contributed by atoms with van der Waals surface area (Å²) in [6.07, 6.45) is 1.01. The number of nitrogens with zero attached hydrogens (tertiary/aromatic N) is 1. The van der Waals surface area contributed by atoms with Crippen LogP contribution in [0.1, 0.15) is 19.0 Å². The number of hydrogen-bond donors (Lipinski definition) is 0. The van der Waals surface area contributed by atoms with Crippen molar-refractivity contribution in [1.82, 2.24) is 4.98 Å². The SMILES string of the molecule is CCCOCc1cccc(Oc2ccccc2)n1. The zero-order chi connectivity index (χ0) is 12.6. The van der Waals surface area contributed by atoms with Gasteiger partial charge in [0.2, 0.25) is 5.88 Å². The van der Waals surface area contributed by atoms with Crippen LogP contribution in [0.15, 0.2) is 48.5 Å². The Morgan fingerprint density at radius 2 is 1.83 bits per heavy atom. The summed E-state index contributed by atoms with van der Waals surface area (Å²) in [5, 5.41) is 0. The second-order valence-electron chi connectivity index (χ2n) is 3.93. The quantitative estimate of drug-likeness (QED) is 0.723. The fraction of sp³-hybridized carbons (Fsp3) is 0.267. The topological polar surface area (TPSA) is 31.4 Å². The number of rotatable bonds is 6. The Labute approximate surface area is 107 Å². The molecule has 0 spiro atoms. The lowest BCUT2D eigenvalue weighted by atomic mass is 10.3. The molecule has 0 aliphatic rings. The zero-order valence-electron chi connectivity index (χ0n) is 10.5. The fourth-order valence-electron chi connectivity index (χ4n) is 1.53. The molecule has 1 aromatic heterocycles. The van der Waals surface area contributed by atoms with Crippen LogP contribution in [0, 0.1) is 0 Å². The third kappa shape index (κ3) is 3.86. The first-order valence-corrected chi connectivity index (χ1v) is 6.15. The molecule has 0 saturated carbocycles. The Morgan fingerprint density at radius 1 is 1.00 bits per heavy atom. The van der Waals surface area contributed by atoms with Crippen molar-refractivity contribution < 1.29 is 9.47 Å². The lowest BCUT2D eigenvalue weighted by molar-refractivity contribution is 0.118.